The third-order valence-electron chi connectivity index (χ3n) is 5.58. The second kappa shape index (κ2) is 7.95. The number of fused-ring (bicyclic) bond motifs is 1. The molecular weight excluding hydrogens is 380 g/mol. The standard InChI is InChI=1S/C22H26N6O2/c1-15-2-6-17(7-3-15)28-20-13-23-9-8-19(20)21(26-28)27-10-11-30-18(14-27)12-24-22(29)25-16-4-5-16/h2-3,6-9,13,16,18H,4-5,10-12,14H2,1H3,(H2,24,25,29). The van der Waals surface area contributed by atoms with Crippen molar-refractivity contribution in [2.45, 2.75) is 31.9 Å². The van der Waals surface area contributed by atoms with Gasteiger partial charge in [0.25, 0.3) is 0 Å². The molecular formula is C22H26N6O2. The van der Waals surface area contributed by atoms with Crippen molar-refractivity contribution >= 4 is 22.8 Å². The molecule has 0 radical (unpaired) electrons. The first-order valence-electron chi connectivity index (χ1n) is 10.5. The van der Waals surface area contributed by atoms with Gasteiger partial charge in [-0.2, -0.15) is 0 Å². The lowest BCUT2D eigenvalue weighted by atomic mass is 10.2. The zero-order valence-corrected chi connectivity index (χ0v) is 17.0. The number of anilines is 1. The van der Waals surface area contributed by atoms with Gasteiger partial charge in [0.2, 0.25) is 0 Å². The quantitative estimate of drug-likeness (QED) is 0.680. The molecule has 1 aliphatic heterocycles. The second-order valence-electron chi connectivity index (χ2n) is 8.03. The van der Waals surface area contributed by atoms with Gasteiger partial charge < -0.3 is 20.3 Å². The minimum absolute atomic E-state index is 0.0786. The molecule has 2 amide bonds. The van der Waals surface area contributed by atoms with Crippen molar-refractivity contribution < 1.29 is 9.53 Å². The van der Waals surface area contributed by atoms with E-state index in [1.165, 1.54) is 5.56 Å². The molecule has 3 aromatic rings. The highest BCUT2D eigenvalue weighted by Crippen LogP contribution is 2.29. The van der Waals surface area contributed by atoms with Gasteiger partial charge in [-0.3, -0.25) is 4.98 Å². The molecule has 5 rings (SSSR count). The highest BCUT2D eigenvalue weighted by atomic mass is 16.5. The Balaban J connectivity index is 1.36. The van der Waals surface area contributed by atoms with Gasteiger partial charge in [-0.25, -0.2) is 9.48 Å². The van der Waals surface area contributed by atoms with E-state index in [2.05, 4.69) is 51.7 Å². The number of hydrogen-bond donors (Lipinski definition) is 2. The Morgan fingerprint density at radius 2 is 2.07 bits per heavy atom. The molecule has 2 fully saturated rings. The summed E-state index contributed by atoms with van der Waals surface area (Å²) in [5.41, 5.74) is 3.19. The van der Waals surface area contributed by atoms with Crippen molar-refractivity contribution in [3.63, 3.8) is 0 Å². The molecule has 1 atom stereocenters. The van der Waals surface area contributed by atoms with E-state index in [0.29, 0.717) is 25.7 Å². The van der Waals surface area contributed by atoms with Crippen LogP contribution in [0.4, 0.5) is 10.6 Å². The first-order valence-corrected chi connectivity index (χ1v) is 10.5. The fourth-order valence-corrected chi connectivity index (χ4v) is 3.77. The lowest BCUT2D eigenvalue weighted by Gasteiger charge is -2.33. The van der Waals surface area contributed by atoms with Crippen LogP contribution in [0.15, 0.2) is 42.7 Å². The third-order valence-corrected chi connectivity index (χ3v) is 5.58. The lowest BCUT2D eigenvalue weighted by Crippen LogP contribution is -2.49. The largest absolute Gasteiger partial charge is 0.373 e. The van der Waals surface area contributed by atoms with Gasteiger partial charge in [0.05, 0.1) is 30.1 Å². The summed E-state index contributed by atoms with van der Waals surface area (Å²) in [7, 11) is 0. The molecule has 3 heterocycles. The van der Waals surface area contributed by atoms with Gasteiger partial charge in [-0.05, 0) is 38.0 Å². The summed E-state index contributed by atoms with van der Waals surface area (Å²) in [5.74, 6) is 0.920. The zero-order chi connectivity index (χ0) is 20.5. The molecule has 156 valence electrons. The normalized spacial score (nSPS) is 19.1. The number of ether oxygens (including phenoxy) is 1. The minimum atomic E-state index is -0.113. The molecule has 2 aliphatic rings. The molecule has 8 heteroatoms. The van der Waals surface area contributed by atoms with Crippen LogP contribution in [0.1, 0.15) is 18.4 Å². The Labute approximate surface area is 175 Å². The van der Waals surface area contributed by atoms with Crippen LogP contribution in [-0.4, -0.2) is 59.2 Å². The fraction of sp³-hybridized carbons (Fsp3) is 0.409. The lowest BCUT2D eigenvalue weighted by molar-refractivity contribution is 0.0422. The van der Waals surface area contributed by atoms with Crippen LogP contribution in [0, 0.1) is 6.92 Å². The maximum Gasteiger partial charge on any atom is 0.315 e. The second-order valence-corrected chi connectivity index (χ2v) is 8.03. The van der Waals surface area contributed by atoms with Gasteiger partial charge in [0.1, 0.15) is 0 Å². The molecule has 30 heavy (non-hydrogen) atoms. The van der Waals surface area contributed by atoms with Crippen molar-refractivity contribution in [1.82, 2.24) is 25.4 Å². The van der Waals surface area contributed by atoms with Crippen LogP contribution in [-0.2, 0) is 4.74 Å². The van der Waals surface area contributed by atoms with E-state index in [1.807, 2.05) is 16.9 Å². The molecule has 1 unspecified atom stereocenters. The van der Waals surface area contributed by atoms with Crippen molar-refractivity contribution in [3.8, 4) is 5.69 Å². The highest BCUT2D eigenvalue weighted by Gasteiger charge is 2.27. The van der Waals surface area contributed by atoms with Crippen LogP contribution in [0.5, 0.6) is 0 Å². The molecule has 1 aromatic carbocycles. The predicted octanol–water partition coefficient (Wildman–Crippen LogP) is 2.40. The van der Waals surface area contributed by atoms with Gasteiger partial charge in [-0.15, -0.1) is 5.10 Å². The number of hydrogen-bond acceptors (Lipinski definition) is 5. The number of amides is 2. The molecule has 2 N–H and O–H groups in total. The van der Waals surface area contributed by atoms with Crippen molar-refractivity contribution in [2.24, 2.45) is 0 Å². The molecule has 2 aromatic heterocycles. The Hall–Kier alpha value is -3.13. The predicted molar refractivity (Wildman–Crippen MR) is 115 cm³/mol. The first-order chi connectivity index (χ1) is 14.7. The number of nitrogens with one attached hydrogen (secondary N) is 2. The number of aryl methyl sites for hydroxylation is 1. The topological polar surface area (TPSA) is 84.3 Å². The number of pyridine rings is 1. The maximum absolute atomic E-state index is 11.9. The summed E-state index contributed by atoms with van der Waals surface area (Å²) in [6.45, 7) is 4.58. The average molecular weight is 406 g/mol. The number of benzene rings is 1. The van der Waals surface area contributed by atoms with Crippen LogP contribution < -0.4 is 15.5 Å². The molecule has 1 aliphatic carbocycles. The molecule has 0 bridgehead atoms. The van der Waals surface area contributed by atoms with E-state index in [4.69, 9.17) is 9.84 Å². The summed E-state index contributed by atoms with van der Waals surface area (Å²) in [6, 6.07) is 10.6. The molecule has 8 nitrogen and oxygen atoms in total. The van der Waals surface area contributed by atoms with E-state index in [9.17, 15) is 4.79 Å². The van der Waals surface area contributed by atoms with Crippen molar-refractivity contribution in [3.05, 3.63) is 48.3 Å². The molecule has 1 saturated heterocycles. The monoisotopic (exact) mass is 406 g/mol. The van der Waals surface area contributed by atoms with Gasteiger partial charge in [0.15, 0.2) is 5.82 Å². The average Bonchev–Trinajstić information content (AvgIpc) is 3.50. The number of carbonyl (C=O) groups excluding carboxylic acids is 1. The van der Waals surface area contributed by atoms with Crippen LogP contribution >= 0.6 is 0 Å². The van der Waals surface area contributed by atoms with Crippen molar-refractivity contribution in [1.29, 1.82) is 0 Å². The fourth-order valence-electron chi connectivity index (χ4n) is 3.77. The Morgan fingerprint density at radius 3 is 2.87 bits per heavy atom. The van der Waals surface area contributed by atoms with Gasteiger partial charge >= 0.3 is 6.03 Å². The molecule has 1 saturated carbocycles. The van der Waals surface area contributed by atoms with E-state index in [0.717, 1.165) is 41.8 Å². The first kappa shape index (κ1) is 18.9. The summed E-state index contributed by atoms with van der Waals surface area (Å²) >= 11 is 0. The maximum atomic E-state index is 11.9. The number of morpholine rings is 1. The van der Waals surface area contributed by atoms with Crippen molar-refractivity contribution in [2.75, 3.05) is 31.1 Å². The van der Waals surface area contributed by atoms with E-state index < -0.39 is 0 Å². The van der Waals surface area contributed by atoms with E-state index >= 15 is 0 Å². The number of aromatic nitrogens is 3. The Kier molecular flexibility index (Phi) is 5.00. The zero-order valence-electron chi connectivity index (χ0n) is 17.0. The summed E-state index contributed by atoms with van der Waals surface area (Å²) in [4.78, 5) is 18.5. The number of urea groups is 1. The molecule has 0 spiro atoms. The van der Waals surface area contributed by atoms with Gasteiger partial charge in [0, 0.05) is 37.3 Å². The van der Waals surface area contributed by atoms with E-state index in [-0.39, 0.29) is 12.1 Å². The summed E-state index contributed by atoms with van der Waals surface area (Å²) in [5, 5.41) is 11.9. The summed E-state index contributed by atoms with van der Waals surface area (Å²) < 4.78 is 7.83. The number of rotatable bonds is 5. The third kappa shape index (κ3) is 3.95. The van der Waals surface area contributed by atoms with Crippen LogP contribution in [0.3, 0.4) is 0 Å². The number of carbonyl (C=O) groups is 1. The van der Waals surface area contributed by atoms with E-state index in [1.54, 1.807) is 6.20 Å². The van der Waals surface area contributed by atoms with Crippen LogP contribution in [0.2, 0.25) is 0 Å². The highest BCUT2D eigenvalue weighted by molar-refractivity contribution is 5.91. The Bertz CT molecular complexity index is 1040. The summed E-state index contributed by atoms with van der Waals surface area (Å²) in [6.07, 6.45) is 5.73. The SMILES string of the molecule is Cc1ccc(-n2nc(N3CCOC(CNC(=O)NC4CC4)C3)c3ccncc32)cc1. The smallest absolute Gasteiger partial charge is 0.315 e. The van der Waals surface area contributed by atoms with Crippen LogP contribution in [0.25, 0.3) is 16.6 Å². The number of nitrogens with zero attached hydrogens (tertiary/aromatic N) is 4. The van der Waals surface area contributed by atoms with Gasteiger partial charge in [-0.1, -0.05) is 17.7 Å². The Morgan fingerprint density at radius 1 is 1.23 bits per heavy atom. The minimum Gasteiger partial charge on any atom is -0.373 e.